The number of aryl methyl sites for hydroxylation is 1. The van der Waals surface area contributed by atoms with Crippen molar-refractivity contribution in [2.45, 2.75) is 26.8 Å². The zero-order valence-electron chi connectivity index (χ0n) is 14.1. The molecule has 1 aromatic carbocycles. The topological polar surface area (TPSA) is 56.6 Å². The third kappa shape index (κ3) is 2.87. The van der Waals surface area contributed by atoms with Crippen molar-refractivity contribution in [2.75, 3.05) is 20.0 Å². The Morgan fingerprint density at radius 2 is 1.96 bits per heavy atom. The predicted molar refractivity (Wildman–Crippen MR) is 95.0 cm³/mol. The first-order chi connectivity index (χ1) is 11.0. The Labute approximate surface area is 140 Å². The molecule has 1 unspecified atom stereocenters. The Morgan fingerprint density at radius 1 is 1.17 bits per heavy atom. The van der Waals surface area contributed by atoms with Crippen molar-refractivity contribution >= 4 is 27.7 Å². The van der Waals surface area contributed by atoms with E-state index in [1.165, 1.54) is 0 Å². The van der Waals surface area contributed by atoms with Crippen LogP contribution in [0, 0.1) is 12.8 Å². The first-order valence-electron chi connectivity index (χ1n) is 7.65. The van der Waals surface area contributed by atoms with Crippen molar-refractivity contribution in [3.63, 3.8) is 0 Å². The highest BCUT2D eigenvalue weighted by molar-refractivity contribution is 8.14. The molecule has 1 aliphatic rings. The number of benzene rings is 1. The van der Waals surface area contributed by atoms with Gasteiger partial charge in [-0.1, -0.05) is 13.8 Å². The Morgan fingerprint density at radius 3 is 2.57 bits per heavy atom. The summed E-state index contributed by atoms with van der Waals surface area (Å²) in [5, 5.41) is 1.78. The maximum atomic E-state index is 5.47. The summed E-state index contributed by atoms with van der Waals surface area (Å²) in [7, 11) is 3.29. The fourth-order valence-electron chi connectivity index (χ4n) is 2.61. The van der Waals surface area contributed by atoms with E-state index in [-0.39, 0.29) is 0 Å². The summed E-state index contributed by atoms with van der Waals surface area (Å²) in [6.45, 7) is 6.38. The third-order valence-electron chi connectivity index (χ3n) is 4.08. The van der Waals surface area contributed by atoms with Gasteiger partial charge in [-0.2, -0.15) is 4.98 Å². The van der Waals surface area contributed by atoms with Crippen LogP contribution in [0.15, 0.2) is 17.1 Å². The number of aromatic nitrogens is 2. The quantitative estimate of drug-likeness (QED) is 0.858. The second-order valence-corrected chi connectivity index (χ2v) is 6.91. The number of hydrogen-bond donors (Lipinski definition) is 0. The third-order valence-corrected chi connectivity index (χ3v) is 5.15. The fourth-order valence-corrected chi connectivity index (χ4v) is 3.83. The van der Waals surface area contributed by atoms with Gasteiger partial charge in [0.25, 0.3) is 0 Å². The van der Waals surface area contributed by atoms with Gasteiger partial charge in [-0.05, 0) is 25.0 Å². The molecule has 0 saturated carbocycles. The van der Waals surface area contributed by atoms with Crippen LogP contribution in [-0.2, 0) is 0 Å². The van der Waals surface area contributed by atoms with Crippen LogP contribution in [0.25, 0.3) is 10.9 Å². The SMILES string of the molecule is COc1ccc2c(OC)nc(C3=NC(C(C)C)CS3)nc2c1C. The molecule has 6 heteroatoms. The van der Waals surface area contributed by atoms with Gasteiger partial charge >= 0.3 is 0 Å². The molecule has 23 heavy (non-hydrogen) atoms. The average Bonchev–Trinajstić information content (AvgIpc) is 3.05. The Kier molecular flexibility index (Phi) is 4.43. The molecule has 0 spiro atoms. The molecule has 0 radical (unpaired) electrons. The maximum Gasteiger partial charge on any atom is 0.224 e. The summed E-state index contributed by atoms with van der Waals surface area (Å²) < 4.78 is 10.9. The van der Waals surface area contributed by atoms with Gasteiger partial charge in [0.1, 0.15) is 10.8 Å². The smallest absolute Gasteiger partial charge is 0.224 e. The van der Waals surface area contributed by atoms with Gasteiger partial charge in [-0.25, -0.2) is 4.98 Å². The standard InChI is InChI=1S/C17H21N3O2S/c1-9(2)12-8-23-17(18-12)15-19-14-10(3)13(21-4)7-6-11(14)16(20-15)22-5/h6-7,9,12H,8H2,1-5H3. The van der Waals surface area contributed by atoms with Crippen molar-refractivity contribution in [2.24, 2.45) is 10.9 Å². The number of ether oxygens (including phenoxy) is 2. The molecule has 1 aliphatic heterocycles. The van der Waals surface area contributed by atoms with Crippen molar-refractivity contribution in [1.82, 2.24) is 9.97 Å². The zero-order chi connectivity index (χ0) is 16.6. The first kappa shape index (κ1) is 16.1. The zero-order valence-corrected chi connectivity index (χ0v) is 14.9. The summed E-state index contributed by atoms with van der Waals surface area (Å²) in [5.74, 6) is 3.52. The lowest BCUT2D eigenvalue weighted by Gasteiger charge is -2.11. The van der Waals surface area contributed by atoms with Gasteiger partial charge in [0.05, 0.1) is 31.2 Å². The van der Waals surface area contributed by atoms with E-state index in [0.717, 1.165) is 33.0 Å². The molecule has 0 amide bonds. The summed E-state index contributed by atoms with van der Waals surface area (Å²) in [6, 6.07) is 4.18. The first-order valence-corrected chi connectivity index (χ1v) is 8.64. The van der Waals surface area contributed by atoms with Gasteiger partial charge in [-0.3, -0.25) is 4.99 Å². The molecule has 2 heterocycles. The van der Waals surface area contributed by atoms with E-state index < -0.39 is 0 Å². The molecular formula is C17H21N3O2S. The molecule has 0 bridgehead atoms. The minimum absolute atomic E-state index is 0.326. The highest BCUT2D eigenvalue weighted by atomic mass is 32.2. The second kappa shape index (κ2) is 6.35. The van der Waals surface area contributed by atoms with Gasteiger partial charge in [0, 0.05) is 11.3 Å². The molecule has 0 saturated heterocycles. The van der Waals surface area contributed by atoms with E-state index >= 15 is 0 Å². The summed E-state index contributed by atoms with van der Waals surface area (Å²) >= 11 is 1.71. The van der Waals surface area contributed by atoms with Gasteiger partial charge in [0.2, 0.25) is 5.88 Å². The fraction of sp³-hybridized carbons (Fsp3) is 0.471. The van der Waals surface area contributed by atoms with Crippen molar-refractivity contribution in [1.29, 1.82) is 0 Å². The van der Waals surface area contributed by atoms with E-state index in [0.29, 0.717) is 23.7 Å². The number of thioether (sulfide) groups is 1. The minimum atomic E-state index is 0.326. The summed E-state index contributed by atoms with van der Waals surface area (Å²) in [6.07, 6.45) is 0. The van der Waals surface area contributed by atoms with Crippen LogP contribution in [-0.4, -0.2) is 41.0 Å². The second-order valence-electron chi connectivity index (χ2n) is 5.90. The van der Waals surface area contributed by atoms with Crippen LogP contribution in [0.1, 0.15) is 25.2 Å². The van der Waals surface area contributed by atoms with Crippen LogP contribution < -0.4 is 9.47 Å². The molecule has 122 valence electrons. The van der Waals surface area contributed by atoms with E-state index in [2.05, 4.69) is 18.8 Å². The molecule has 1 aromatic heterocycles. The van der Waals surface area contributed by atoms with Crippen LogP contribution in [0.2, 0.25) is 0 Å². The van der Waals surface area contributed by atoms with E-state index in [4.69, 9.17) is 19.5 Å². The van der Waals surface area contributed by atoms with Crippen LogP contribution >= 0.6 is 11.8 Å². The predicted octanol–water partition coefficient (Wildman–Crippen LogP) is 3.47. The van der Waals surface area contributed by atoms with E-state index in [9.17, 15) is 0 Å². The lowest BCUT2D eigenvalue weighted by Crippen LogP contribution is -2.11. The molecule has 3 rings (SSSR count). The Balaban J connectivity index is 2.16. The van der Waals surface area contributed by atoms with Crippen LogP contribution in [0.5, 0.6) is 11.6 Å². The molecule has 2 aromatic rings. The van der Waals surface area contributed by atoms with Gasteiger partial charge < -0.3 is 9.47 Å². The van der Waals surface area contributed by atoms with E-state index in [1.54, 1.807) is 26.0 Å². The largest absolute Gasteiger partial charge is 0.496 e. The number of hydrogen-bond acceptors (Lipinski definition) is 6. The Bertz CT molecular complexity index is 774. The molecule has 0 N–H and O–H groups in total. The van der Waals surface area contributed by atoms with Crippen molar-refractivity contribution in [3.05, 3.63) is 23.5 Å². The summed E-state index contributed by atoms with van der Waals surface area (Å²) in [5.41, 5.74) is 1.83. The van der Waals surface area contributed by atoms with Crippen LogP contribution in [0.4, 0.5) is 0 Å². The number of methoxy groups -OCH3 is 2. The molecule has 1 atom stereocenters. The number of rotatable bonds is 4. The van der Waals surface area contributed by atoms with Crippen LogP contribution in [0.3, 0.4) is 0 Å². The normalized spacial score (nSPS) is 17.7. The van der Waals surface area contributed by atoms with Crippen molar-refractivity contribution in [3.8, 4) is 11.6 Å². The van der Waals surface area contributed by atoms with E-state index in [1.807, 2.05) is 19.1 Å². The lowest BCUT2D eigenvalue weighted by molar-refractivity contribution is 0.401. The monoisotopic (exact) mass is 331 g/mol. The summed E-state index contributed by atoms with van der Waals surface area (Å²) in [4.78, 5) is 14.1. The number of aliphatic imine (C=N–C) groups is 1. The molecule has 5 nitrogen and oxygen atoms in total. The Hall–Kier alpha value is -1.82. The molecular weight excluding hydrogens is 310 g/mol. The molecule has 0 fully saturated rings. The maximum absolute atomic E-state index is 5.47. The number of nitrogens with zero attached hydrogens (tertiary/aromatic N) is 3. The van der Waals surface area contributed by atoms with Crippen molar-refractivity contribution < 1.29 is 9.47 Å². The van der Waals surface area contributed by atoms with Gasteiger partial charge in [-0.15, -0.1) is 11.8 Å². The highest BCUT2D eigenvalue weighted by Gasteiger charge is 2.25. The molecule has 0 aliphatic carbocycles. The average molecular weight is 331 g/mol. The highest BCUT2D eigenvalue weighted by Crippen LogP contribution is 2.32. The van der Waals surface area contributed by atoms with Gasteiger partial charge in [0.15, 0.2) is 5.82 Å². The number of fused-ring (bicyclic) bond motifs is 1. The minimum Gasteiger partial charge on any atom is -0.496 e. The lowest BCUT2D eigenvalue weighted by atomic mass is 10.1.